The first-order valence-electron chi connectivity index (χ1n) is 7.77. The number of β-amino-alcohol motifs (C(OH)–C–C–N with tert-alkyl or cyclic N) is 1. The summed E-state index contributed by atoms with van der Waals surface area (Å²) in [7, 11) is 0. The van der Waals surface area contributed by atoms with E-state index in [0.29, 0.717) is 44.7 Å². The Balaban J connectivity index is 1.86. The molecule has 1 aliphatic rings. The standard InChI is InChI=1S/C17H22ClFN2O2/c1-2-3-4-14(22)12-20-7-9-21(10-8-20)17(23)15-6-5-13(19)11-16(15)18/h2,5-6,11,14,22H,1,3-4,7-10,12H2. The minimum atomic E-state index is -0.454. The van der Waals surface area contributed by atoms with Gasteiger partial charge < -0.3 is 10.0 Å². The Kier molecular flexibility index (Phi) is 6.57. The fourth-order valence-corrected chi connectivity index (χ4v) is 2.91. The molecule has 1 heterocycles. The third-order valence-corrected chi connectivity index (χ3v) is 4.31. The molecule has 6 heteroatoms. The quantitative estimate of drug-likeness (QED) is 0.809. The summed E-state index contributed by atoms with van der Waals surface area (Å²) < 4.78 is 13.1. The minimum Gasteiger partial charge on any atom is -0.392 e. The number of amides is 1. The van der Waals surface area contributed by atoms with Gasteiger partial charge >= 0.3 is 0 Å². The van der Waals surface area contributed by atoms with E-state index in [4.69, 9.17) is 11.6 Å². The molecule has 1 aliphatic heterocycles. The van der Waals surface area contributed by atoms with Crippen LogP contribution in [0.1, 0.15) is 23.2 Å². The van der Waals surface area contributed by atoms with Gasteiger partial charge in [0.2, 0.25) is 0 Å². The maximum atomic E-state index is 13.1. The van der Waals surface area contributed by atoms with Crippen LogP contribution in [-0.4, -0.2) is 59.6 Å². The number of benzene rings is 1. The molecule has 1 aromatic rings. The molecule has 1 aromatic carbocycles. The second-order valence-corrected chi connectivity index (χ2v) is 6.14. The SMILES string of the molecule is C=CCCC(O)CN1CCN(C(=O)c2ccc(F)cc2Cl)CC1. The summed E-state index contributed by atoms with van der Waals surface area (Å²) in [6.07, 6.45) is 2.92. The van der Waals surface area contributed by atoms with E-state index in [-0.39, 0.29) is 17.0 Å². The van der Waals surface area contributed by atoms with Crippen LogP contribution < -0.4 is 0 Å². The number of nitrogens with zero attached hydrogens (tertiary/aromatic N) is 2. The highest BCUT2D eigenvalue weighted by Crippen LogP contribution is 2.20. The van der Waals surface area contributed by atoms with Crippen LogP contribution in [-0.2, 0) is 0 Å². The molecule has 1 saturated heterocycles. The molecular weight excluding hydrogens is 319 g/mol. The van der Waals surface area contributed by atoms with Gasteiger partial charge in [-0.3, -0.25) is 9.69 Å². The fourth-order valence-electron chi connectivity index (χ4n) is 2.67. The molecule has 2 rings (SSSR count). The molecular formula is C17H22ClFN2O2. The van der Waals surface area contributed by atoms with E-state index < -0.39 is 5.82 Å². The average molecular weight is 341 g/mol. The van der Waals surface area contributed by atoms with Crippen LogP contribution in [0.3, 0.4) is 0 Å². The Bertz CT molecular complexity index is 560. The van der Waals surface area contributed by atoms with Crippen LogP contribution in [0, 0.1) is 5.82 Å². The van der Waals surface area contributed by atoms with Crippen LogP contribution in [0.5, 0.6) is 0 Å². The van der Waals surface area contributed by atoms with Crippen molar-refractivity contribution in [1.82, 2.24) is 9.80 Å². The molecule has 1 N–H and O–H groups in total. The van der Waals surface area contributed by atoms with Crippen molar-refractivity contribution in [3.8, 4) is 0 Å². The van der Waals surface area contributed by atoms with Crippen molar-refractivity contribution < 1.29 is 14.3 Å². The van der Waals surface area contributed by atoms with Gasteiger partial charge in [0.25, 0.3) is 5.91 Å². The maximum Gasteiger partial charge on any atom is 0.255 e. The molecule has 126 valence electrons. The van der Waals surface area contributed by atoms with Crippen LogP contribution in [0.15, 0.2) is 30.9 Å². The predicted molar refractivity (Wildman–Crippen MR) is 89.2 cm³/mol. The van der Waals surface area contributed by atoms with E-state index in [1.807, 2.05) is 0 Å². The monoisotopic (exact) mass is 340 g/mol. The zero-order valence-electron chi connectivity index (χ0n) is 13.0. The molecule has 1 unspecified atom stereocenters. The van der Waals surface area contributed by atoms with Gasteiger partial charge in [-0.15, -0.1) is 6.58 Å². The Morgan fingerprint density at radius 1 is 1.39 bits per heavy atom. The maximum absolute atomic E-state index is 13.1. The van der Waals surface area contributed by atoms with E-state index in [1.54, 1.807) is 11.0 Å². The number of carbonyl (C=O) groups is 1. The number of rotatable bonds is 6. The van der Waals surface area contributed by atoms with Crippen molar-refractivity contribution in [2.75, 3.05) is 32.7 Å². The van der Waals surface area contributed by atoms with Gasteiger partial charge in [0.1, 0.15) is 5.82 Å². The second-order valence-electron chi connectivity index (χ2n) is 5.74. The first-order valence-corrected chi connectivity index (χ1v) is 8.14. The highest BCUT2D eigenvalue weighted by Gasteiger charge is 2.24. The van der Waals surface area contributed by atoms with E-state index in [2.05, 4.69) is 11.5 Å². The lowest BCUT2D eigenvalue weighted by atomic mass is 10.1. The first-order chi connectivity index (χ1) is 11.0. The van der Waals surface area contributed by atoms with E-state index in [1.165, 1.54) is 12.1 Å². The molecule has 23 heavy (non-hydrogen) atoms. The summed E-state index contributed by atoms with van der Waals surface area (Å²) in [5, 5.41) is 10.1. The molecule has 0 aliphatic carbocycles. The van der Waals surface area contributed by atoms with Gasteiger partial charge in [-0.05, 0) is 31.0 Å². The highest BCUT2D eigenvalue weighted by atomic mass is 35.5. The van der Waals surface area contributed by atoms with Crippen molar-refractivity contribution in [1.29, 1.82) is 0 Å². The van der Waals surface area contributed by atoms with Gasteiger partial charge in [0.05, 0.1) is 16.7 Å². The van der Waals surface area contributed by atoms with Gasteiger partial charge in [0.15, 0.2) is 0 Å². The second kappa shape index (κ2) is 8.43. The average Bonchev–Trinajstić information content (AvgIpc) is 2.53. The van der Waals surface area contributed by atoms with Crippen molar-refractivity contribution in [2.45, 2.75) is 18.9 Å². The summed E-state index contributed by atoms with van der Waals surface area (Å²) in [5.74, 6) is -0.633. The lowest BCUT2D eigenvalue weighted by Crippen LogP contribution is -2.50. The van der Waals surface area contributed by atoms with Gasteiger partial charge in [-0.25, -0.2) is 4.39 Å². The van der Waals surface area contributed by atoms with Crippen LogP contribution in [0.4, 0.5) is 4.39 Å². The molecule has 1 amide bonds. The van der Waals surface area contributed by atoms with Crippen molar-refractivity contribution in [3.05, 3.63) is 47.3 Å². The summed E-state index contributed by atoms with van der Waals surface area (Å²) in [4.78, 5) is 16.3. The largest absolute Gasteiger partial charge is 0.392 e. The molecule has 1 fully saturated rings. The smallest absolute Gasteiger partial charge is 0.255 e. The van der Waals surface area contributed by atoms with Crippen molar-refractivity contribution >= 4 is 17.5 Å². The summed E-state index contributed by atoms with van der Waals surface area (Å²) in [5.41, 5.74) is 0.326. The number of carbonyl (C=O) groups excluding carboxylic acids is 1. The van der Waals surface area contributed by atoms with Crippen LogP contribution >= 0.6 is 11.6 Å². The molecule has 0 radical (unpaired) electrons. The predicted octanol–water partition coefficient (Wildman–Crippen LogP) is 2.56. The number of hydrogen-bond donors (Lipinski definition) is 1. The number of aliphatic hydroxyl groups excluding tert-OH is 1. The minimum absolute atomic E-state index is 0.136. The number of allylic oxidation sites excluding steroid dienone is 1. The summed E-state index contributed by atoms with van der Waals surface area (Å²) in [6, 6.07) is 3.82. The molecule has 4 nitrogen and oxygen atoms in total. The topological polar surface area (TPSA) is 43.8 Å². The van der Waals surface area contributed by atoms with Crippen molar-refractivity contribution in [2.24, 2.45) is 0 Å². The number of halogens is 2. The Labute approximate surface area is 141 Å². The van der Waals surface area contributed by atoms with E-state index in [9.17, 15) is 14.3 Å². The third-order valence-electron chi connectivity index (χ3n) is 3.99. The Morgan fingerprint density at radius 2 is 2.09 bits per heavy atom. The molecule has 0 saturated carbocycles. The molecule has 1 atom stereocenters. The van der Waals surface area contributed by atoms with Gasteiger partial charge in [-0.2, -0.15) is 0 Å². The lowest BCUT2D eigenvalue weighted by molar-refractivity contribution is 0.0517. The Morgan fingerprint density at radius 3 is 2.70 bits per heavy atom. The molecule has 0 spiro atoms. The lowest BCUT2D eigenvalue weighted by Gasteiger charge is -2.35. The molecule has 0 bridgehead atoms. The summed E-state index contributed by atoms with van der Waals surface area (Å²) in [6.45, 7) is 6.80. The van der Waals surface area contributed by atoms with Crippen LogP contribution in [0.2, 0.25) is 5.02 Å². The van der Waals surface area contributed by atoms with E-state index in [0.717, 1.165) is 12.5 Å². The van der Waals surface area contributed by atoms with Crippen molar-refractivity contribution in [3.63, 3.8) is 0 Å². The first kappa shape index (κ1) is 17.9. The third kappa shape index (κ3) is 5.03. The highest BCUT2D eigenvalue weighted by molar-refractivity contribution is 6.33. The number of hydrogen-bond acceptors (Lipinski definition) is 3. The normalized spacial score (nSPS) is 17.1. The fraction of sp³-hybridized carbons (Fsp3) is 0.471. The van der Waals surface area contributed by atoms with Gasteiger partial charge in [-0.1, -0.05) is 17.7 Å². The van der Waals surface area contributed by atoms with E-state index >= 15 is 0 Å². The zero-order chi connectivity index (χ0) is 16.8. The summed E-state index contributed by atoms with van der Waals surface area (Å²) >= 11 is 5.95. The number of piperazine rings is 1. The molecule has 0 aromatic heterocycles. The zero-order valence-corrected chi connectivity index (χ0v) is 13.8. The van der Waals surface area contributed by atoms with Gasteiger partial charge in [0, 0.05) is 32.7 Å². The van der Waals surface area contributed by atoms with Crippen LogP contribution in [0.25, 0.3) is 0 Å². The number of aliphatic hydroxyl groups is 1. The Hall–Kier alpha value is -1.43.